The normalized spacial score (nSPS) is 22.5. The molecule has 1 N–H and O–H groups in total. The molecule has 0 spiro atoms. The van der Waals surface area contributed by atoms with Crippen molar-refractivity contribution in [2.24, 2.45) is 5.16 Å². The van der Waals surface area contributed by atoms with Gasteiger partial charge in [0.05, 0.1) is 10.5 Å². The number of carbonyl (C=O) groups is 1. The van der Waals surface area contributed by atoms with Crippen molar-refractivity contribution in [3.05, 3.63) is 29.3 Å². The Bertz CT molecular complexity index is 483. The highest BCUT2D eigenvalue weighted by molar-refractivity contribution is 8.08. The van der Waals surface area contributed by atoms with E-state index in [2.05, 4.69) is 17.4 Å². The Morgan fingerprint density at radius 2 is 2.11 bits per heavy atom. The molecule has 1 amide bonds. The van der Waals surface area contributed by atoms with Gasteiger partial charge in [0, 0.05) is 16.5 Å². The molecular formula is C12H13ClN2O2S. The topological polar surface area (TPSA) is 50.7 Å². The van der Waals surface area contributed by atoms with Gasteiger partial charge in [0.1, 0.15) is 0 Å². The number of hydrogen-bond donors (Lipinski definition) is 1. The highest BCUT2D eigenvalue weighted by atomic mass is 35.5. The van der Waals surface area contributed by atoms with Crippen molar-refractivity contribution < 1.29 is 9.63 Å². The van der Waals surface area contributed by atoms with E-state index in [0.717, 1.165) is 11.5 Å². The van der Waals surface area contributed by atoms with Gasteiger partial charge >= 0.3 is 6.09 Å². The Labute approximate surface area is 115 Å². The lowest BCUT2D eigenvalue weighted by Crippen LogP contribution is -2.18. The van der Waals surface area contributed by atoms with Crippen molar-refractivity contribution in [3.8, 4) is 0 Å². The van der Waals surface area contributed by atoms with Gasteiger partial charge in [-0.15, -0.1) is 11.8 Å². The molecule has 0 radical (unpaired) electrons. The summed E-state index contributed by atoms with van der Waals surface area (Å²) in [5.74, 6) is 1.02. The predicted octanol–water partition coefficient (Wildman–Crippen LogP) is 3.77. The molecule has 0 aliphatic carbocycles. The fourth-order valence-electron chi connectivity index (χ4n) is 1.20. The van der Waals surface area contributed by atoms with Crippen molar-refractivity contribution in [1.29, 1.82) is 0 Å². The van der Waals surface area contributed by atoms with Crippen molar-refractivity contribution in [2.45, 2.75) is 18.6 Å². The molecule has 1 heterocycles. The van der Waals surface area contributed by atoms with Crippen molar-refractivity contribution in [3.63, 3.8) is 0 Å². The van der Waals surface area contributed by atoms with Crippen molar-refractivity contribution in [1.82, 2.24) is 0 Å². The molecule has 2 rings (SSSR count). The lowest BCUT2D eigenvalue weighted by molar-refractivity contribution is 0.166. The Hall–Kier alpha value is -1.20. The third-order valence-corrected chi connectivity index (χ3v) is 4.40. The number of anilines is 1. The largest absolute Gasteiger partial charge is 0.437 e. The van der Waals surface area contributed by atoms with Crippen molar-refractivity contribution >= 4 is 40.9 Å². The third kappa shape index (κ3) is 3.40. The van der Waals surface area contributed by atoms with Crippen LogP contribution < -0.4 is 5.32 Å². The Kier molecular flexibility index (Phi) is 3.82. The standard InChI is InChI=1S/C12H13ClN2O2S/c1-8(12(2)7-18-12)15-17-11(16)14-10-5-3-9(13)4-6-10/h3-6H,7H2,1-2H3,(H,14,16)/b15-8-. The molecule has 1 aromatic carbocycles. The predicted molar refractivity (Wildman–Crippen MR) is 75.5 cm³/mol. The van der Waals surface area contributed by atoms with E-state index in [-0.39, 0.29) is 4.75 Å². The van der Waals surface area contributed by atoms with Gasteiger partial charge in [-0.25, -0.2) is 4.79 Å². The summed E-state index contributed by atoms with van der Waals surface area (Å²) in [6, 6.07) is 6.76. The van der Waals surface area contributed by atoms with Gasteiger partial charge in [0.15, 0.2) is 0 Å². The molecule has 1 aromatic rings. The molecule has 0 aromatic heterocycles. The molecule has 18 heavy (non-hydrogen) atoms. The number of hydrogen-bond acceptors (Lipinski definition) is 4. The summed E-state index contributed by atoms with van der Waals surface area (Å²) in [6.45, 7) is 3.92. The van der Waals surface area contributed by atoms with Crippen LogP contribution in [0.15, 0.2) is 29.4 Å². The number of nitrogens with zero attached hydrogens (tertiary/aromatic N) is 1. The van der Waals surface area contributed by atoms with Crippen LogP contribution in [0.3, 0.4) is 0 Å². The first kappa shape index (κ1) is 13.2. The molecule has 1 aliphatic rings. The molecule has 0 bridgehead atoms. The van der Waals surface area contributed by atoms with Gasteiger partial charge in [-0.2, -0.15) is 0 Å². The first-order chi connectivity index (χ1) is 8.49. The minimum atomic E-state index is -0.606. The first-order valence-corrected chi connectivity index (χ1v) is 6.78. The molecule has 1 aliphatic heterocycles. The van der Waals surface area contributed by atoms with Crippen LogP contribution in [0.4, 0.5) is 10.5 Å². The van der Waals surface area contributed by atoms with E-state index in [1.165, 1.54) is 0 Å². The second-order valence-electron chi connectivity index (χ2n) is 4.21. The number of rotatable bonds is 3. The van der Waals surface area contributed by atoms with Gasteiger partial charge < -0.3 is 0 Å². The Morgan fingerprint density at radius 1 is 1.50 bits per heavy atom. The van der Waals surface area contributed by atoms with Crippen LogP contribution in [0, 0.1) is 0 Å². The van der Waals surface area contributed by atoms with Crippen molar-refractivity contribution in [2.75, 3.05) is 11.1 Å². The Morgan fingerprint density at radius 3 is 2.67 bits per heavy atom. The number of nitrogens with one attached hydrogen (secondary N) is 1. The number of halogens is 1. The smallest absolute Gasteiger partial charge is 0.298 e. The van der Waals surface area contributed by atoms with E-state index >= 15 is 0 Å². The van der Waals surface area contributed by atoms with Crippen LogP contribution in [0.5, 0.6) is 0 Å². The first-order valence-electron chi connectivity index (χ1n) is 5.42. The lowest BCUT2D eigenvalue weighted by Gasteiger charge is -2.06. The summed E-state index contributed by atoms with van der Waals surface area (Å²) in [6.07, 6.45) is -0.606. The SMILES string of the molecule is C/C(=N/OC(=O)Nc1ccc(Cl)cc1)C1(C)CS1. The number of benzene rings is 1. The van der Waals surface area contributed by atoms with Gasteiger partial charge in [-0.1, -0.05) is 16.8 Å². The summed E-state index contributed by atoms with van der Waals surface area (Å²) in [5, 5.41) is 7.00. The minimum absolute atomic E-state index is 0.0422. The number of oxime groups is 1. The zero-order valence-electron chi connectivity index (χ0n) is 10.1. The molecule has 1 atom stereocenters. The van der Waals surface area contributed by atoms with Gasteiger partial charge in [0.2, 0.25) is 0 Å². The van der Waals surface area contributed by atoms with E-state index in [9.17, 15) is 4.79 Å². The highest BCUT2D eigenvalue weighted by Gasteiger charge is 2.42. The molecule has 1 unspecified atom stereocenters. The maximum atomic E-state index is 11.5. The summed E-state index contributed by atoms with van der Waals surface area (Å²) in [4.78, 5) is 16.3. The quantitative estimate of drug-likeness (QED) is 0.398. The van der Waals surface area contributed by atoms with E-state index < -0.39 is 6.09 Å². The maximum Gasteiger partial charge on any atom is 0.437 e. The fourth-order valence-corrected chi connectivity index (χ4v) is 2.00. The number of thioether (sulfide) groups is 1. The maximum absolute atomic E-state index is 11.5. The van der Waals surface area contributed by atoms with E-state index in [1.807, 2.05) is 6.92 Å². The van der Waals surface area contributed by atoms with Crippen LogP contribution in [0.1, 0.15) is 13.8 Å². The summed E-state index contributed by atoms with van der Waals surface area (Å²) in [7, 11) is 0. The summed E-state index contributed by atoms with van der Waals surface area (Å²) >= 11 is 7.52. The zero-order valence-corrected chi connectivity index (χ0v) is 11.6. The van der Waals surface area contributed by atoms with E-state index in [0.29, 0.717) is 10.7 Å². The average molecular weight is 285 g/mol. The number of carbonyl (C=O) groups excluding carboxylic acids is 1. The third-order valence-electron chi connectivity index (χ3n) is 2.70. The summed E-state index contributed by atoms with van der Waals surface area (Å²) in [5.41, 5.74) is 1.43. The lowest BCUT2D eigenvalue weighted by atomic mass is 10.1. The molecule has 6 heteroatoms. The second-order valence-corrected chi connectivity index (χ2v) is 6.12. The van der Waals surface area contributed by atoms with E-state index in [1.54, 1.807) is 36.0 Å². The van der Waals surface area contributed by atoms with Crippen LogP contribution >= 0.6 is 23.4 Å². The van der Waals surface area contributed by atoms with Gasteiger partial charge in [0.25, 0.3) is 0 Å². The zero-order chi connectivity index (χ0) is 13.2. The van der Waals surface area contributed by atoms with Crippen LogP contribution in [0.25, 0.3) is 0 Å². The summed E-state index contributed by atoms with van der Waals surface area (Å²) < 4.78 is 0.0422. The molecular weight excluding hydrogens is 272 g/mol. The van der Waals surface area contributed by atoms with Gasteiger partial charge in [-0.3, -0.25) is 10.2 Å². The van der Waals surface area contributed by atoms with Crippen LogP contribution in [-0.4, -0.2) is 22.3 Å². The molecule has 96 valence electrons. The fraction of sp³-hybridized carbons (Fsp3) is 0.333. The highest BCUT2D eigenvalue weighted by Crippen LogP contribution is 2.45. The van der Waals surface area contributed by atoms with Gasteiger partial charge in [-0.05, 0) is 38.1 Å². The minimum Gasteiger partial charge on any atom is -0.298 e. The number of amides is 1. The molecule has 1 fully saturated rings. The average Bonchev–Trinajstić information content (AvgIpc) is 3.09. The van der Waals surface area contributed by atoms with Crippen LogP contribution in [-0.2, 0) is 4.84 Å². The van der Waals surface area contributed by atoms with Crippen LogP contribution in [0.2, 0.25) is 5.02 Å². The van der Waals surface area contributed by atoms with E-state index in [4.69, 9.17) is 16.4 Å². The monoisotopic (exact) mass is 284 g/mol. The molecule has 4 nitrogen and oxygen atoms in total. The molecule has 1 saturated heterocycles. The Balaban J connectivity index is 1.87. The second kappa shape index (κ2) is 5.20. The molecule has 0 saturated carbocycles.